The number of rotatable bonds is 3. The number of nitrogens with zero attached hydrogens (tertiary/aromatic N) is 1. The fourth-order valence-electron chi connectivity index (χ4n) is 1.11. The minimum absolute atomic E-state index is 0.140. The lowest BCUT2D eigenvalue weighted by atomic mass is 10.1. The summed E-state index contributed by atoms with van der Waals surface area (Å²) in [7, 11) is 1.78. The van der Waals surface area contributed by atoms with E-state index in [2.05, 4.69) is 11.4 Å². The molecular weight excluding hydrogens is 184 g/mol. The maximum atomic E-state index is 8.71. The Kier molecular flexibility index (Phi) is 3.75. The second-order valence-corrected chi connectivity index (χ2v) is 3.24. The van der Waals surface area contributed by atoms with E-state index in [1.54, 1.807) is 7.05 Å². The summed E-state index contributed by atoms with van der Waals surface area (Å²) in [5.41, 5.74) is 1.08. The predicted molar refractivity (Wildman–Crippen MR) is 53.6 cm³/mol. The van der Waals surface area contributed by atoms with Crippen molar-refractivity contribution in [3.8, 4) is 6.07 Å². The second kappa shape index (κ2) is 4.86. The lowest BCUT2D eigenvalue weighted by Crippen LogP contribution is -2.25. The molecule has 68 valence electrons. The lowest BCUT2D eigenvalue weighted by molar-refractivity contribution is 0.676. The van der Waals surface area contributed by atoms with Crippen molar-refractivity contribution >= 4 is 11.6 Å². The Morgan fingerprint density at radius 1 is 1.62 bits per heavy atom. The van der Waals surface area contributed by atoms with Crippen LogP contribution in [-0.2, 0) is 6.42 Å². The molecule has 0 aromatic heterocycles. The van der Waals surface area contributed by atoms with E-state index in [1.165, 1.54) is 0 Å². The van der Waals surface area contributed by atoms with Crippen LogP contribution in [0.15, 0.2) is 24.3 Å². The molecule has 0 saturated heterocycles. The van der Waals surface area contributed by atoms with Gasteiger partial charge in [-0.1, -0.05) is 23.7 Å². The number of benzene rings is 1. The van der Waals surface area contributed by atoms with Crippen molar-refractivity contribution in [2.45, 2.75) is 12.5 Å². The molecule has 0 radical (unpaired) electrons. The Bertz CT molecular complexity index is 317. The molecule has 13 heavy (non-hydrogen) atoms. The van der Waals surface area contributed by atoms with Crippen molar-refractivity contribution in [1.82, 2.24) is 5.32 Å². The van der Waals surface area contributed by atoms with Gasteiger partial charge in [-0.05, 0) is 24.7 Å². The molecule has 0 aliphatic heterocycles. The fraction of sp³-hybridized carbons (Fsp3) is 0.300. The quantitative estimate of drug-likeness (QED) is 0.799. The summed E-state index contributed by atoms with van der Waals surface area (Å²) in [5, 5.41) is 12.3. The summed E-state index contributed by atoms with van der Waals surface area (Å²) in [5.74, 6) is 0. The Hall–Kier alpha value is -1.04. The zero-order valence-corrected chi connectivity index (χ0v) is 8.17. The molecule has 0 saturated carbocycles. The van der Waals surface area contributed by atoms with Crippen molar-refractivity contribution in [3.05, 3.63) is 34.9 Å². The van der Waals surface area contributed by atoms with Crippen molar-refractivity contribution in [1.29, 1.82) is 5.26 Å². The maximum absolute atomic E-state index is 8.71. The maximum Gasteiger partial charge on any atom is 0.0991 e. The molecule has 0 heterocycles. The standard InChI is InChI=1S/C10H11ClN2/c1-13-10(7-12)6-8-3-2-4-9(11)5-8/h2-5,10,13H,6H2,1H3. The van der Waals surface area contributed by atoms with E-state index in [1.807, 2.05) is 24.3 Å². The molecule has 3 heteroatoms. The number of hydrogen-bond donors (Lipinski definition) is 1. The van der Waals surface area contributed by atoms with Crippen LogP contribution >= 0.6 is 11.6 Å². The summed E-state index contributed by atoms with van der Waals surface area (Å²) in [6.07, 6.45) is 0.688. The molecule has 1 aromatic rings. The molecule has 0 bridgehead atoms. The minimum Gasteiger partial charge on any atom is -0.305 e. The molecule has 0 fully saturated rings. The summed E-state index contributed by atoms with van der Waals surface area (Å²) >= 11 is 5.81. The monoisotopic (exact) mass is 194 g/mol. The molecule has 2 nitrogen and oxygen atoms in total. The highest BCUT2D eigenvalue weighted by Crippen LogP contribution is 2.11. The van der Waals surface area contributed by atoms with E-state index in [9.17, 15) is 0 Å². The normalized spacial score (nSPS) is 12.1. The van der Waals surface area contributed by atoms with Crippen molar-refractivity contribution in [3.63, 3.8) is 0 Å². The SMILES string of the molecule is CNC(C#N)Cc1cccc(Cl)c1. The van der Waals surface area contributed by atoms with Gasteiger partial charge in [0.05, 0.1) is 12.1 Å². The zero-order valence-electron chi connectivity index (χ0n) is 7.42. The summed E-state index contributed by atoms with van der Waals surface area (Å²) in [6.45, 7) is 0. The van der Waals surface area contributed by atoms with Crippen LogP contribution in [0, 0.1) is 11.3 Å². The van der Waals surface area contributed by atoms with Crippen LogP contribution in [0.25, 0.3) is 0 Å². The fourth-order valence-corrected chi connectivity index (χ4v) is 1.32. The molecule has 1 rings (SSSR count). The van der Waals surface area contributed by atoms with Gasteiger partial charge in [-0.3, -0.25) is 0 Å². The first-order chi connectivity index (χ1) is 6.26. The molecule has 0 spiro atoms. The zero-order chi connectivity index (χ0) is 9.68. The Morgan fingerprint density at radius 2 is 2.38 bits per heavy atom. The topological polar surface area (TPSA) is 35.8 Å². The average Bonchev–Trinajstić information content (AvgIpc) is 2.14. The molecule has 0 aliphatic rings. The average molecular weight is 195 g/mol. The molecule has 1 aromatic carbocycles. The van der Waals surface area contributed by atoms with Gasteiger partial charge in [0, 0.05) is 11.4 Å². The first kappa shape index (κ1) is 10.0. The van der Waals surface area contributed by atoms with Gasteiger partial charge >= 0.3 is 0 Å². The largest absolute Gasteiger partial charge is 0.305 e. The molecule has 1 N–H and O–H groups in total. The number of likely N-dealkylation sites (N-methyl/N-ethyl adjacent to an activating group) is 1. The molecular formula is C10H11ClN2. The highest BCUT2D eigenvalue weighted by molar-refractivity contribution is 6.30. The Morgan fingerprint density at radius 3 is 2.92 bits per heavy atom. The summed E-state index contributed by atoms with van der Waals surface area (Å²) < 4.78 is 0. The van der Waals surface area contributed by atoms with Gasteiger partial charge in [0.2, 0.25) is 0 Å². The smallest absolute Gasteiger partial charge is 0.0991 e. The minimum atomic E-state index is -0.140. The van der Waals surface area contributed by atoms with Gasteiger partial charge in [-0.2, -0.15) is 5.26 Å². The molecule has 1 atom stereocenters. The Balaban J connectivity index is 2.69. The van der Waals surface area contributed by atoms with Crippen LogP contribution in [0.2, 0.25) is 5.02 Å². The first-order valence-corrected chi connectivity index (χ1v) is 4.45. The van der Waals surface area contributed by atoms with E-state index in [0.717, 1.165) is 5.56 Å². The highest BCUT2D eigenvalue weighted by atomic mass is 35.5. The molecule has 0 aliphatic carbocycles. The van der Waals surface area contributed by atoms with Crippen LogP contribution in [0.3, 0.4) is 0 Å². The third kappa shape index (κ3) is 3.06. The third-order valence-corrected chi connectivity index (χ3v) is 2.07. The number of halogens is 1. The van der Waals surface area contributed by atoms with Crippen LogP contribution in [0.4, 0.5) is 0 Å². The van der Waals surface area contributed by atoms with Crippen molar-refractivity contribution < 1.29 is 0 Å². The van der Waals surface area contributed by atoms with Gasteiger partial charge in [-0.25, -0.2) is 0 Å². The van der Waals surface area contributed by atoms with E-state index in [4.69, 9.17) is 16.9 Å². The van der Waals surface area contributed by atoms with Gasteiger partial charge in [-0.15, -0.1) is 0 Å². The van der Waals surface area contributed by atoms with Gasteiger partial charge < -0.3 is 5.32 Å². The third-order valence-electron chi connectivity index (χ3n) is 1.83. The van der Waals surface area contributed by atoms with E-state index in [-0.39, 0.29) is 6.04 Å². The van der Waals surface area contributed by atoms with E-state index < -0.39 is 0 Å². The summed E-state index contributed by atoms with van der Waals surface area (Å²) in [4.78, 5) is 0. The number of hydrogen-bond acceptors (Lipinski definition) is 2. The summed E-state index contributed by atoms with van der Waals surface area (Å²) in [6, 6.07) is 9.59. The Labute approximate surface area is 83.1 Å². The molecule has 1 unspecified atom stereocenters. The highest BCUT2D eigenvalue weighted by Gasteiger charge is 2.04. The van der Waals surface area contributed by atoms with Crippen LogP contribution in [0.1, 0.15) is 5.56 Å². The van der Waals surface area contributed by atoms with Gasteiger partial charge in [0.25, 0.3) is 0 Å². The van der Waals surface area contributed by atoms with E-state index >= 15 is 0 Å². The van der Waals surface area contributed by atoms with Crippen LogP contribution in [-0.4, -0.2) is 13.1 Å². The van der Waals surface area contributed by atoms with Crippen molar-refractivity contribution in [2.75, 3.05) is 7.05 Å². The van der Waals surface area contributed by atoms with Crippen LogP contribution in [0.5, 0.6) is 0 Å². The first-order valence-electron chi connectivity index (χ1n) is 4.07. The predicted octanol–water partition coefficient (Wildman–Crippen LogP) is 1.99. The van der Waals surface area contributed by atoms with Gasteiger partial charge in [0.15, 0.2) is 0 Å². The number of nitrogens with one attached hydrogen (secondary N) is 1. The van der Waals surface area contributed by atoms with Crippen LogP contribution < -0.4 is 5.32 Å². The second-order valence-electron chi connectivity index (χ2n) is 2.80. The van der Waals surface area contributed by atoms with Crippen molar-refractivity contribution in [2.24, 2.45) is 0 Å². The van der Waals surface area contributed by atoms with E-state index in [0.29, 0.717) is 11.4 Å². The lowest BCUT2D eigenvalue weighted by Gasteiger charge is -2.07. The number of nitriles is 1. The van der Waals surface area contributed by atoms with Gasteiger partial charge in [0.1, 0.15) is 0 Å². The molecule has 0 amide bonds.